The Morgan fingerprint density at radius 1 is 1.46 bits per heavy atom. The molecule has 0 radical (unpaired) electrons. The first-order valence-corrected chi connectivity index (χ1v) is 4.21. The highest BCUT2D eigenvalue weighted by Gasteiger charge is 2.19. The summed E-state index contributed by atoms with van der Waals surface area (Å²) in [5.74, 6) is 0.0197. The zero-order valence-electron chi connectivity index (χ0n) is 7.05. The Bertz CT molecular complexity index is 364. The molecule has 0 atom stereocenters. The normalized spacial score (nSPS) is 16.3. The molecule has 1 heterocycles. The summed E-state index contributed by atoms with van der Waals surface area (Å²) in [6.07, 6.45) is 0. The maximum Gasteiger partial charge on any atom is 0.140 e. The van der Waals surface area contributed by atoms with Gasteiger partial charge >= 0.3 is 0 Å². The van der Waals surface area contributed by atoms with Crippen molar-refractivity contribution in [3.63, 3.8) is 0 Å². The molecule has 1 N–H and O–H groups in total. The van der Waals surface area contributed by atoms with Crippen LogP contribution in [0.1, 0.15) is 17.0 Å². The molecule has 1 saturated heterocycles. The summed E-state index contributed by atoms with van der Waals surface area (Å²) in [7, 11) is 0. The number of nitrogens with zero attached hydrogens (tertiary/aromatic N) is 1. The van der Waals surface area contributed by atoms with Crippen LogP contribution < -0.4 is 5.32 Å². The molecule has 0 amide bonds. The van der Waals surface area contributed by atoms with Gasteiger partial charge in [-0.05, 0) is 17.7 Å². The van der Waals surface area contributed by atoms with Gasteiger partial charge in [-0.1, -0.05) is 6.07 Å². The SMILES string of the molecule is N#Cc1cc(C2CNC2)ccc1F. The van der Waals surface area contributed by atoms with Gasteiger partial charge < -0.3 is 5.32 Å². The van der Waals surface area contributed by atoms with Gasteiger partial charge in [0.1, 0.15) is 11.9 Å². The van der Waals surface area contributed by atoms with Crippen LogP contribution in [0.15, 0.2) is 18.2 Å². The van der Waals surface area contributed by atoms with Gasteiger partial charge in [0.15, 0.2) is 0 Å². The van der Waals surface area contributed by atoms with E-state index in [-0.39, 0.29) is 5.56 Å². The molecule has 66 valence electrons. The number of hydrogen-bond acceptors (Lipinski definition) is 2. The van der Waals surface area contributed by atoms with E-state index in [1.165, 1.54) is 6.07 Å². The Labute approximate surface area is 76.0 Å². The van der Waals surface area contributed by atoms with E-state index in [0.717, 1.165) is 18.7 Å². The Hall–Kier alpha value is -1.40. The van der Waals surface area contributed by atoms with Crippen LogP contribution in [0.4, 0.5) is 4.39 Å². The van der Waals surface area contributed by atoms with E-state index in [4.69, 9.17) is 5.26 Å². The molecule has 13 heavy (non-hydrogen) atoms. The first-order chi connectivity index (χ1) is 6.31. The minimum atomic E-state index is -0.432. The van der Waals surface area contributed by atoms with Crippen LogP contribution in [0.25, 0.3) is 0 Å². The minimum absolute atomic E-state index is 0.143. The lowest BCUT2D eigenvalue weighted by Gasteiger charge is -2.27. The maximum atomic E-state index is 12.9. The molecular weight excluding hydrogens is 167 g/mol. The Balaban J connectivity index is 2.33. The largest absolute Gasteiger partial charge is 0.315 e. The van der Waals surface area contributed by atoms with E-state index in [1.807, 2.05) is 6.07 Å². The van der Waals surface area contributed by atoms with Crippen LogP contribution in [0.2, 0.25) is 0 Å². The second-order valence-corrected chi connectivity index (χ2v) is 3.21. The monoisotopic (exact) mass is 176 g/mol. The third kappa shape index (κ3) is 1.41. The summed E-state index contributed by atoms with van der Waals surface area (Å²) in [5.41, 5.74) is 1.20. The molecule has 0 aromatic heterocycles. The third-order valence-electron chi connectivity index (χ3n) is 2.36. The number of hydrogen-bond donors (Lipinski definition) is 1. The molecule has 3 heteroatoms. The van der Waals surface area contributed by atoms with Crippen LogP contribution in [0.3, 0.4) is 0 Å². The lowest BCUT2D eigenvalue weighted by molar-refractivity contribution is 0.447. The molecular formula is C10H9FN2. The van der Waals surface area contributed by atoms with E-state index in [9.17, 15) is 4.39 Å². The topological polar surface area (TPSA) is 35.8 Å². The summed E-state index contributed by atoms with van der Waals surface area (Å²) < 4.78 is 12.9. The second kappa shape index (κ2) is 3.15. The number of benzene rings is 1. The number of nitriles is 1. The van der Waals surface area contributed by atoms with Crippen LogP contribution in [0, 0.1) is 17.1 Å². The lowest BCUT2D eigenvalue weighted by Crippen LogP contribution is -2.39. The van der Waals surface area contributed by atoms with Crippen molar-refractivity contribution in [2.75, 3.05) is 13.1 Å². The highest BCUT2D eigenvalue weighted by molar-refractivity contribution is 5.36. The molecule has 0 bridgehead atoms. The fourth-order valence-corrected chi connectivity index (χ4v) is 1.41. The molecule has 0 spiro atoms. The number of nitrogens with one attached hydrogen (secondary N) is 1. The Morgan fingerprint density at radius 2 is 2.23 bits per heavy atom. The van der Waals surface area contributed by atoms with Gasteiger partial charge in [0.2, 0.25) is 0 Å². The third-order valence-corrected chi connectivity index (χ3v) is 2.36. The van der Waals surface area contributed by atoms with Gasteiger partial charge in [-0.15, -0.1) is 0 Å². The van der Waals surface area contributed by atoms with E-state index >= 15 is 0 Å². The average molecular weight is 176 g/mol. The molecule has 0 saturated carbocycles. The van der Waals surface area contributed by atoms with Crippen molar-refractivity contribution < 1.29 is 4.39 Å². The summed E-state index contributed by atoms with van der Waals surface area (Å²) in [5, 5.41) is 11.7. The molecule has 1 aliphatic heterocycles. The van der Waals surface area contributed by atoms with Crippen molar-refractivity contribution in [3.05, 3.63) is 35.1 Å². The first-order valence-electron chi connectivity index (χ1n) is 4.21. The molecule has 0 unspecified atom stereocenters. The minimum Gasteiger partial charge on any atom is -0.315 e. The molecule has 1 aliphatic rings. The van der Waals surface area contributed by atoms with Gasteiger partial charge in [0.05, 0.1) is 5.56 Å². The zero-order chi connectivity index (χ0) is 9.26. The molecule has 2 rings (SSSR count). The molecule has 1 aromatic carbocycles. The second-order valence-electron chi connectivity index (χ2n) is 3.21. The maximum absolute atomic E-state index is 12.9. The van der Waals surface area contributed by atoms with E-state index in [2.05, 4.69) is 5.32 Å². The molecule has 0 aliphatic carbocycles. The Kier molecular flexibility index (Phi) is 1.99. The van der Waals surface area contributed by atoms with Crippen molar-refractivity contribution in [2.45, 2.75) is 5.92 Å². The van der Waals surface area contributed by atoms with Crippen molar-refractivity contribution in [1.82, 2.24) is 5.32 Å². The first kappa shape index (κ1) is 8.21. The van der Waals surface area contributed by atoms with Crippen molar-refractivity contribution >= 4 is 0 Å². The van der Waals surface area contributed by atoms with Gasteiger partial charge in [-0.3, -0.25) is 0 Å². The van der Waals surface area contributed by atoms with Crippen molar-refractivity contribution in [2.24, 2.45) is 0 Å². The zero-order valence-corrected chi connectivity index (χ0v) is 7.05. The fourth-order valence-electron chi connectivity index (χ4n) is 1.41. The predicted octanol–water partition coefficient (Wildman–Crippen LogP) is 1.38. The van der Waals surface area contributed by atoms with Crippen LogP contribution >= 0.6 is 0 Å². The van der Waals surface area contributed by atoms with Crippen molar-refractivity contribution in [3.8, 4) is 6.07 Å². The van der Waals surface area contributed by atoms with E-state index in [1.54, 1.807) is 12.1 Å². The smallest absolute Gasteiger partial charge is 0.140 e. The van der Waals surface area contributed by atoms with Crippen molar-refractivity contribution in [1.29, 1.82) is 5.26 Å². The quantitative estimate of drug-likeness (QED) is 0.701. The van der Waals surface area contributed by atoms with Gasteiger partial charge in [0, 0.05) is 19.0 Å². The van der Waals surface area contributed by atoms with Crippen LogP contribution in [-0.4, -0.2) is 13.1 Å². The fraction of sp³-hybridized carbons (Fsp3) is 0.300. The lowest BCUT2D eigenvalue weighted by atomic mass is 9.92. The predicted molar refractivity (Wildman–Crippen MR) is 46.7 cm³/mol. The number of rotatable bonds is 1. The highest BCUT2D eigenvalue weighted by atomic mass is 19.1. The highest BCUT2D eigenvalue weighted by Crippen LogP contribution is 2.21. The molecule has 1 fully saturated rings. The van der Waals surface area contributed by atoms with Crippen LogP contribution in [0.5, 0.6) is 0 Å². The molecule has 2 nitrogen and oxygen atoms in total. The Morgan fingerprint density at radius 3 is 2.77 bits per heavy atom. The summed E-state index contributed by atoms with van der Waals surface area (Å²) in [4.78, 5) is 0. The summed E-state index contributed by atoms with van der Waals surface area (Å²) >= 11 is 0. The van der Waals surface area contributed by atoms with E-state index < -0.39 is 5.82 Å². The summed E-state index contributed by atoms with van der Waals surface area (Å²) in [6, 6.07) is 6.60. The van der Waals surface area contributed by atoms with Gasteiger partial charge in [0.25, 0.3) is 0 Å². The van der Waals surface area contributed by atoms with E-state index in [0.29, 0.717) is 5.92 Å². The van der Waals surface area contributed by atoms with Crippen LogP contribution in [-0.2, 0) is 0 Å². The van der Waals surface area contributed by atoms with Gasteiger partial charge in [-0.25, -0.2) is 4.39 Å². The summed E-state index contributed by atoms with van der Waals surface area (Å²) in [6.45, 7) is 1.85. The molecule has 1 aromatic rings. The average Bonchev–Trinajstić information content (AvgIpc) is 2.05. The van der Waals surface area contributed by atoms with Gasteiger partial charge in [-0.2, -0.15) is 5.26 Å². The number of halogens is 1. The standard InChI is InChI=1S/C10H9FN2/c11-10-2-1-7(3-8(10)4-12)9-5-13-6-9/h1-3,9,13H,5-6H2.